The average molecular weight is 395 g/mol. The molecule has 156 valence electrons. The summed E-state index contributed by atoms with van der Waals surface area (Å²) in [5.41, 5.74) is 1.13. The van der Waals surface area contributed by atoms with Crippen molar-refractivity contribution in [1.82, 2.24) is 0 Å². The SMILES string of the molecule is CCCCCCCCC(CCS)C(OC(C)C)(OC(C)C)c1ccccc1. The lowest BCUT2D eigenvalue weighted by Crippen LogP contribution is -2.44. The van der Waals surface area contributed by atoms with E-state index in [1.165, 1.54) is 38.5 Å². The highest BCUT2D eigenvalue weighted by atomic mass is 32.1. The van der Waals surface area contributed by atoms with Crippen molar-refractivity contribution in [1.29, 1.82) is 0 Å². The van der Waals surface area contributed by atoms with Gasteiger partial charge in [0.25, 0.3) is 0 Å². The molecule has 0 aliphatic heterocycles. The van der Waals surface area contributed by atoms with E-state index < -0.39 is 5.79 Å². The van der Waals surface area contributed by atoms with Crippen LogP contribution in [-0.2, 0) is 15.3 Å². The van der Waals surface area contributed by atoms with Crippen LogP contribution in [0.4, 0.5) is 0 Å². The molecule has 3 heteroatoms. The lowest BCUT2D eigenvalue weighted by atomic mass is 9.84. The second-order valence-electron chi connectivity index (χ2n) is 8.13. The van der Waals surface area contributed by atoms with Gasteiger partial charge in [0.15, 0.2) is 5.79 Å². The first-order valence-electron chi connectivity index (χ1n) is 11.0. The van der Waals surface area contributed by atoms with Crippen molar-refractivity contribution in [3.05, 3.63) is 35.9 Å². The normalized spacial score (nSPS) is 13.5. The van der Waals surface area contributed by atoms with Crippen molar-refractivity contribution in [3.8, 4) is 0 Å². The predicted octanol–water partition coefficient (Wildman–Crippen LogP) is 7.38. The Morgan fingerprint density at radius 1 is 0.815 bits per heavy atom. The molecule has 1 aromatic rings. The van der Waals surface area contributed by atoms with E-state index in [2.05, 4.69) is 77.6 Å². The van der Waals surface area contributed by atoms with Crippen LogP contribution in [-0.4, -0.2) is 18.0 Å². The van der Waals surface area contributed by atoms with Gasteiger partial charge >= 0.3 is 0 Å². The Bertz CT molecular complexity index is 463. The summed E-state index contributed by atoms with van der Waals surface area (Å²) >= 11 is 4.57. The molecule has 0 N–H and O–H groups in total. The van der Waals surface area contributed by atoms with Crippen LogP contribution in [0.25, 0.3) is 0 Å². The zero-order chi connectivity index (χ0) is 20.1. The van der Waals surface area contributed by atoms with Gasteiger partial charge in [0.1, 0.15) is 0 Å². The Balaban J connectivity index is 3.05. The summed E-state index contributed by atoms with van der Waals surface area (Å²) in [6, 6.07) is 10.5. The first-order valence-corrected chi connectivity index (χ1v) is 11.6. The first kappa shape index (κ1) is 24.5. The highest BCUT2D eigenvalue weighted by molar-refractivity contribution is 7.80. The van der Waals surface area contributed by atoms with Crippen molar-refractivity contribution >= 4 is 12.6 Å². The summed E-state index contributed by atoms with van der Waals surface area (Å²) in [7, 11) is 0. The second-order valence-corrected chi connectivity index (χ2v) is 8.58. The van der Waals surface area contributed by atoms with Gasteiger partial charge in [-0.25, -0.2) is 0 Å². The summed E-state index contributed by atoms with van der Waals surface area (Å²) in [5, 5.41) is 0. The lowest BCUT2D eigenvalue weighted by Gasteiger charge is -2.43. The third kappa shape index (κ3) is 8.58. The Hall–Kier alpha value is -0.510. The van der Waals surface area contributed by atoms with Gasteiger partial charge in [-0.05, 0) is 46.3 Å². The maximum absolute atomic E-state index is 6.59. The minimum Gasteiger partial charge on any atom is -0.343 e. The highest BCUT2D eigenvalue weighted by Gasteiger charge is 2.43. The molecule has 0 saturated heterocycles. The van der Waals surface area contributed by atoms with E-state index in [1.807, 2.05) is 0 Å². The molecule has 0 heterocycles. The van der Waals surface area contributed by atoms with Gasteiger partial charge in [0.2, 0.25) is 0 Å². The molecule has 0 radical (unpaired) electrons. The molecule has 1 aromatic carbocycles. The van der Waals surface area contributed by atoms with E-state index in [1.54, 1.807) is 0 Å². The van der Waals surface area contributed by atoms with Gasteiger partial charge in [-0.3, -0.25) is 0 Å². The van der Waals surface area contributed by atoms with Crippen molar-refractivity contribution in [2.75, 3.05) is 5.75 Å². The van der Waals surface area contributed by atoms with E-state index in [9.17, 15) is 0 Å². The largest absolute Gasteiger partial charge is 0.343 e. The van der Waals surface area contributed by atoms with Crippen molar-refractivity contribution in [3.63, 3.8) is 0 Å². The van der Waals surface area contributed by atoms with Crippen LogP contribution in [0.3, 0.4) is 0 Å². The van der Waals surface area contributed by atoms with Crippen molar-refractivity contribution in [2.45, 2.75) is 104 Å². The molecule has 0 aromatic heterocycles. The van der Waals surface area contributed by atoms with Gasteiger partial charge in [-0.1, -0.05) is 75.8 Å². The van der Waals surface area contributed by atoms with Gasteiger partial charge in [0, 0.05) is 11.5 Å². The molecule has 27 heavy (non-hydrogen) atoms. The van der Waals surface area contributed by atoms with Crippen LogP contribution in [0, 0.1) is 5.92 Å². The van der Waals surface area contributed by atoms with E-state index >= 15 is 0 Å². The Kier molecular flexibility index (Phi) is 12.4. The molecule has 1 rings (SSSR count). The second kappa shape index (κ2) is 13.6. The Morgan fingerprint density at radius 3 is 1.89 bits per heavy atom. The number of benzene rings is 1. The van der Waals surface area contributed by atoms with Gasteiger partial charge in [-0.15, -0.1) is 0 Å². The fourth-order valence-corrected chi connectivity index (χ4v) is 4.13. The molecular formula is C24H42O2S. The summed E-state index contributed by atoms with van der Waals surface area (Å²) in [4.78, 5) is 0. The van der Waals surface area contributed by atoms with E-state index in [4.69, 9.17) is 9.47 Å². The zero-order valence-corrected chi connectivity index (χ0v) is 19.1. The zero-order valence-electron chi connectivity index (χ0n) is 18.2. The van der Waals surface area contributed by atoms with Crippen LogP contribution >= 0.6 is 12.6 Å². The fourth-order valence-electron chi connectivity index (χ4n) is 3.81. The summed E-state index contributed by atoms with van der Waals surface area (Å²) in [6.45, 7) is 10.7. The van der Waals surface area contributed by atoms with E-state index in [0.717, 1.165) is 24.2 Å². The number of hydrogen-bond donors (Lipinski definition) is 1. The van der Waals surface area contributed by atoms with Crippen LogP contribution in [0.1, 0.15) is 91.5 Å². The molecule has 0 bridgehead atoms. The summed E-state index contributed by atoms with van der Waals surface area (Å²) in [5.74, 6) is 0.446. The van der Waals surface area contributed by atoms with Crippen LogP contribution in [0.5, 0.6) is 0 Å². The third-order valence-electron chi connectivity index (χ3n) is 4.92. The quantitative estimate of drug-likeness (QED) is 0.190. The monoisotopic (exact) mass is 394 g/mol. The van der Waals surface area contributed by atoms with Gasteiger partial charge in [-0.2, -0.15) is 12.6 Å². The molecule has 1 atom stereocenters. The molecule has 0 fully saturated rings. The van der Waals surface area contributed by atoms with Crippen LogP contribution in [0.15, 0.2) is 30.3 Å². The predicted molar refractivity (Wildman–Crippen MR) is 121 cm³/mol. The molecule has 1 unspecified atom stereocenters. The average Bonchev–Trinajstić information content (AvgIpc) is 2.63. The topological polar surface area (TPSA) is 18.5 Å². The van der Waals surface area contributed by atoms with Gasteiger partial charge in [0.05, 0.1) is 12.2 Å². The number of ether oxygens (including phenoxy) is 2. The number of hydrogen-bond acceptors (Lipinski definition) is 3. The van der Waals surface area contributed by atoms with Crippen LogP contribution < -0.4 is 0 Å². The number of rotatable bonds is 15. The minimum atomic E-state index is -0.699. The third-order valence-corrected chi connectivity index (χ3v) is 5.18. The molecule has 0 amide bonds. The smallest absolute Gasteiger partial charge is 0.198 e. The lowest BCUT2D eigenvalue weighted by molar-refractivity contribution is -0.308. The maximum Gasteiger partial charge on any atom is 0.198 e. The molecule has 0 aliphatic rings. The molecule has 0 aliphatic carbocycles. The standard InChI is InChI=1S/C24H42O2S/c1-6-7-8-9-10-12-17-23(18-19-27)24(25-20(2)3,26-21(4)5)22-15-13-11-14-16-22/h11,13-16,20-21,23,27H,6-10,12,17-19H2,1-5H3. The summed E-state index contributed by atoms with van der Waals surface area (Å²) < 4.78 is 13.2. The molecule has 0 spiro atoms. The van der Waals surface area contributed by atoms with Crippen LogP contribution in [0.2, 0.25) is 0 Å². The maximum atomic E-state index is 6.59. The number of thiol groups is 1. The van der Waals surface area contributed by atoms with E-state index in [0.29, 0.717) is 5.92 Å². The van der Waals surface area contributed by atoms with E-state index in [-0.39, 0.29) is 12.2 Å². The van der Waals surface area contributed by atoms with Gasteiger partial charge < -0.3 is 9.47 Å². The summed E-state index contributed by atoms with van der Waals surface area (Å²) in [6.07, 6.45) is 10.1. The molecule has 2 nitrogen and oxygen atoms in total. The minimum absolute atomic E-state index is 0.0935. The number of unbranched alkanes of at least 4 members (excludes halogenated alkanes) is 5. The first-order chi connectivity index (χ1) is 13.0. The molecular weight excluding hydrogens is 352 g/mol. The van der Waals surface area contributed by atoms with Crippen molar-refractivity contribution < 1.29 is 9.47 Å². The fraction of sp³-hybridized carbons (Fsp3) is 0.750. The van der Waals surface area contributed by atoms with Crippen molar-refractivity contribution in [2.24, 2.45) is 5.92 Å². The molecule has 0 saturated carbocycles. The Morgan fingerprint density at radius 2 is 1.37 bits per heavy atom. The highest BCUT2D eigenvalue weighted by Crippen LogP contribution is 2.42. The Labute approximate surface area is 173 Å².